The fourth-order valence-corrected chi connectivity index (χ4v) is 1.75. The summed E-state index contributed by atoms with van der Waals surface area (Å²) in [6.07, 6.45) is 0. The van der Waals surface area contributed by atoms with Gasteiger partial charge in [0, 0.05) is 12.3 Å². The van der Waals surface area contributed by atoms with E-state index in [2.05, 4.69) is 5.32 Å². The van der Waals surface area contributed by atoms with Crippen LogP contribution in [0, 0.1) is 6.92 Å². The van der Waals surface area contributed by atoms with Crippen molar-refractivity contribution in [1.29, 1.82) is 0 Å². The lowest BCUT2D eigenvalue weighted by atomic mass is 10.0. The molecule has 0 heterocycles. The van der Waals surface area contributed by atoms with Crippen molar-refractivity contribution in [3.8, 4) is 0 Å². The number of esters is 1. The molecule has 0 aliphatic carbocycles. The van der Waals surface area contributed by atoms with Gasteiger partial charge in [0.2, 0.25) is 0 Å². The molecule has 1 unspecified atom stereocenters. The van der Waals surface area contributed by atoms with Crippen LogP contribution in [0.3, 0.4) is 0 Å². The first-order chi connectivity index (χ1) is 9.03. The number of ether oxygens (including phenoxy) is 2. The maximum atomic E-state index is 12.1. The van der Waals surface area contributed by atoms with E-state index < -0.39 is 5.54 Å². The Bertz CT molecular complexity index is 420. The van der Waals surface area contributed by atoms with E-state index in [9.17, 15) is 4.79 Å². The van der Waals surface area contributed by atoms with E-state index in [0.717, 1.165) is 11.3 Å². The zero-order valence-corrected chi connectivity index (χ0v) is 12.2. The third-order valence-electron chi connectivity index (χ3n) is 2.88. The first kappa shape index (κ1) is 15.5. The number of nitrogens with one attached hydrogen (secondary N) is 1. The van der Waals surface area contributed by atoms with E-state index in [1.807, 2.05) is 38.1 Å². The van der Waals surface area contributed by atoms with Crippen LogP contribution in [0.25, 0.3) is 0 Å². The fourth-order valence-electron chi connectivity index (χ4n) is 1.75. The highest BCUT2D eigenvalue weighted by Crippen LogP contribution is 2.21. The van der Waals surface area contributed by atoms with E-state index in [1.54, 1.807) is 13.8 Å². The molecule has 0 aliphatic rings. The van der Waals surface area contributed by atoms with Crippen molar-refractivity contribution in [2.45, 2.75) is 33.2 Å². The van der Waals surface area contributed by atoms with Gasteiger partial charge in [0.25, 0.3) is 0 Å². The second kappa shape index (κ2) is 7.14. The van der Waals surface area contributed by atoms with Gasteiger partial charge in [0.05, 0.1) is 13.2 Å². The van der Waals surface area contributed by atoms with Gasteiger partial charge >= 0.3 is 5.97 Å². The Morgan fingerprint density at radius 3 is 2.53 bits per heavy atom. The molecule has 0 spiro atoms. The molecule has 1 N–H and O–H groups in total. The minimum Gasteiger partial charge on any atom is -0.464 e. The van der Waals surface area contributed by atoms with Crippen molar-refractivity contribution in [1.82, 2.24) is 0 Å². The van der Waals surface area contributed by atoms with Gasteiger partial charge in [-0.05, 0) is 39.3 Å². The molecule has 19 heavy (non-hydrogen) atoms. The second-order valence-electron chi connectivity index (χ2n) is 4.63. The molecule has 0 aromatic heterocycles. The zero-order chi connectivity index (χ0) is 14.3. The van der Waals surface area contributed by atoms with Crippen molar-refractivity contribution in [2.24, 2.45) is 0 Å². The summed E-state index contributed by atoms with van der Waals surface area (Å²) in [4.78, 5) is 12.1. The molecule has 106 valence electrons. The van der Waals surface area contributed by atoms with Crippen LogP contribution in [-0.4, -0.2) is 31.3 Å². The van der Waals surface area contributed by atoms with Crippen molar-refractivity contribution < 1.29 is 14.3 Å². The van der Waals surface area contributed by atoms with Crippen molar-refractivity contribution in [2.75, 3.05) is 25.1 Å². The predicted molar refractivity (Wildman–Crippen MR) is 76.3 cm³/mol. The number of benzene rings is 1. The van der Waals surface area contributed by atoms with Crippen LogP contribution in [0.1, 0.15) is 26.3 Å². The third-order valence-corrected chi connectivity index (χ3v) is 2.88. The summed E-state index contributed by atoms with van der Waals surface area (Å²) in [6.45, 7) is 8.69. The molecule has 0 radical (unpaired) electrons. The van der Waals surface area contributed by atoms with E-state index in [4.69, 9.17) is 9.47 Å². The van der Waals surface area contributed by atoms with Crippen LogP contribution >= 0.6 is 0 Å². The topological polar surface area (TPSA) is 47.6 Å². The summed E-state index contributed by atoms with van der Waals surface area (Å²) in [7, 11) is 0. The second-order valence-corrected chi connectivity index (χ2v) is 4.63. The summed E-state index contributed by atoms with van der Waals surface area (Å²) in [5, 5.41) is 3.24. The largest absolute Gasteiger partial charge is 0.464 e. The van der Waals surface area contributed by atoms with Gasteiger partial charge in [-0.15, -0.1) is 0 Å². The molecule has 1 aromatic rings. The minimum absolute atomic E-state index is 0.274. The maximum absolute atomic E-state index is 12.1. The predicted octanol–water partition coefficient (Wildman–Crippen LogP) is 2.77. The molecule has 4 heteroatoms. The monoisotopic (exact) mass is 265 g/mol. The Morgan fingerprint density at radius 2 is 1.95 bits per heavy atom. The quantitative estimate of drug-likeness (QED) is 0.770. The Balaban J connectivity index is 2.91. The van der Waals surface area contributed by atoms with Gasteiger partial charge in [0.15, 0.2) is 5.54 Å². The van der Waals surface area contributed by atoms with Crippen LogP contribution in [0.15, 0.2) is 24.3 Å². The molecule has 1 atom stereocenters. The molecule has 1 aromatic carbocycles. The number of rotatable bonds is 7. The summed E-state index contributed by atoms with van der Waals surface area (Å²) in [5.41, 5.74) is 1.12. The molecule has 0 bridgehead atoms. The molecular formula is C15H23NO3. The van der Waals surface area contributed by atoms with E-state index in [1.165, 1.54) is 0 Å². The highest BCUT2D eigenvalue weighted by atomic mass is 16.5. The third kappa shape index (κ3) is 4.24. The number of hydrogen-bond acceptors (Lipinski definition) is 4. The summed E-state index contributed by atoms with van der Waals surface area (Å²) in [5.74, 6) is -0.299. The average Bonchev–Trinajstić information content (AvgIpc) is 2.39. The minimum atomic E-state index is -0.877. The average molecular weight is 265 g/mol. The number of carbonyl (C=O) groups excluding carboxylic acids is 1. The first-order valence-electron chi connectivity index (χ1n) is 6.62. The van der Waals surface area contributed by atoms with Gasteiger partial charge in [-0.25, -0.2) is 4.79 Å². The molecule has 0 saturated carbocycles. The van der Waals surface area contributed by atoms with Gasteiger partial charge in [-0.1, -0.05) is 18.2 Å². The maximum Gasteiger partial charge on any atom is 0.333 e. The fraction of sp³-hybridized carbons (Fsp3) is 0.533. The van der Waals surface area contributed by atoms with Gasteiger partial charge < -0.3 is 14.8 Å². The lowest BCUT2D eigenvalue weighted by Crippen LogP contribution is -2.49. The van der Waals surface area contributed by atoms with Crippen molar-refractivity contribution in [3.05, 3.63) is 29.8 Å². The van der Waals surface area contributed by atoms with Crippen molar-refractivity contribution in [3.63, 3.8) is 0 Å². The Labute approximate surface area is 115 Å². The molecule has 4 nitrogen and oxygen atoms in total. The number of hydrogen-bond donors (Lipinski definition) is 1. The zero-order valence-electron chi connectivity index (χ0n) is 12.2. The van der Waals surface area contributed by atoms with E-state index >= 15 is 0 Å². The van der Waals surface area contributed by atoms with Gasteiger partial charge in [-0.2, -0.15) is 0 Å². The molecule has 0 aliphatic heterocycles. The van der Waals surface area contributed by atoms with Crippen molar-refractivity contribution >= 4 is 11.7 Å². The van der Waals surface area contributed by atoms with Crippen LogP contribution in [0.5, 0.6) is 0 Å². The van der Waals surface area contributed by atoms with Crippen LogP contribution in [-0.2, 0) is 14.3 Å². The van der Waals surface area contributed by atoms with Gasteiger partial charge in [0.1, 0.15) is 0 Å². The van der Waals surface area contributed by atoms with E-state index in [0.29, 0.717) is 13.2 Å². The first-order valence-corrected chi connectivity index (χ1v) is 6.62. The standard InChI is InChI=1S/C15H23NO3/c1-5-18-11-15(4,14(17)19-6-2)16-13-10-8-7-9-12(13)3/h7-10,16H,5-6,11H2,1-4H3. The Kier molecular flexibility index (Phi) is 5.83. The summed E-state index contributed by atoms with van der Waals surface area (Å²) >= 11 is 0. The van der Waals surface area contributed by atoms with E-state index in [-0.39, 0.29) is 12.6 Å². The number of anilines is 1. The number of carbonyl (C=O) groups is 1. The number of aryl methyl sites for hydroxylation is 1. The molecular weight excluding hydrogens is 242 g/mol. The molecule has 0 fully saturated rings. The smallest absolute Gasteiger partial charge is 0.333 e. The summed E-state index contributed by atoms with van der Waals surface area (Å²) in [6, 6.07) is 7.83. The highest BCUT2D eigenvalue weighted by Gasteiger charge is 2.35. The SMILES string of the molecule is CCOCC(C)(Nc1ccccc1C)C(=O)OCC. The molecule has 0 amide bonds. The van der Waals surface area contributed by atoms with Crippen LogP contribution in [0.2, 0.25) is 0 Å². The van der Waals surface area contributed by atoms with Gasteiger partial charge in [-0.3, -0.25) is 0 Å². The summed E-state index contributed by atoms with van der Waals surface area (Å²) < 4.78 is 10.5. The Hall–Kier alpha value is -1.55. The lowest BCUT2D eigenvalue weighted by molar-refractivity contribution is -0.150. The lowest BCUT2D eigenvalue weighted by Gasteiger charge is -2.29. The molecule has 0 saturated heterocycles. The normalized spacial score (nSPS) is 13.7. The van der Waals surface area contributed by atoms with Crippen LogP contribution in [0.4, 0.5) is 5.69 Å². The molecule has 1 rings (SSSR count). The Morgan fingerprint density at radius 1 is 1.26 bits per heavy atom. The van der Waals surface area contributed by atoms with Crippen LogP contribution < -0.4 is 5.32 Å². The number of para-hydroxylation sites is 1. The highest BCUT2D eigenvalue weighted by molar-refractivity contribution is 5.84.